The fourth-order valence-electron chi connectivity index (χ4n) is 1.35. The van der Waals surface area contributed by atoms with Gasteiger partial charge in [-0.15, -0.1) is 0 Å². The van der Waals surface area contributed by atoms with Gasteiger partial charge in [0.2, 0.25) is 0 Å². The number of carboxylic acid groups (broad SMARTS) is 1. The standard InChI is InChI=1S/C10H7N3O4/c14-10(15)12-6-8(5-11-12)7-1-3-9(4-2-7)13(16)17/h1-6H,(H,14,15). The Morgan fingerprint density at radius 3 is 2.41 bits per heavy atom. The fourth-order valence-corrected chi connectivity index (χ4v) is 1.35. The van der Waals surface area contributed by atoms with Crippen molar-refractivity contribution in [2.75, 3.05) is 0 Å². The van der Waals surface area contributed by atoms with Gasteiger partial charge >= 0.3 is 6.09 Å². The molecule has 0 amide bonds. The lowest BCUT2D eigenvalue weighted by Gasteiger charge is -1.96. The van der Waals surface area contributed by atoms with Gasteiger partial charge in [0.15, 0.2) is 0 Å². The van der Waals surface area contributed by atoms with Gasteiger partial charge in [0.1, 0.15) is 0 Å². The maximum absolute atomic E-state index is 10.6. The van der Waals surface area contributed by atoms with Crippen LogP contribution in [-0.2, 0) is 0 Å². The highest BCUT2D eigenvalue weighted by Crippen LogP contribution is 2.21. The van der Waals surface area contributed by atoms with Gasteiger partial charge in [0.25, 0.3) is 5.69 Å². The van der Waals surface area contributed by atoms with Crippen LogP contribution in [0.3, 0.4) is 0 Å². The van der Waals surface area contributed by atoms with E-state index in [2.05, 4.69) is 5.10 Å². The summed E-state index contributed by atoms with van der Waals surface area (Å²) < 4.78 is 0.775. The smallest absolute Gasteiger partial charge is 0.432 e. The van der Waals surface area contributed by atoms with Gasteiger partial charge < -0.3 is 5.11 Å². The summed E-state index contributed by atoms with van der Waals surface area (Å²) in [5, 5.41) is 22.8. The molecule has 0 aliphatic carbocycles. The zero-order chi connectivity index (χ0) is 12.4. The lowest BCUT2D eigenvalue weighted by molar-refractivity contribution is -0.384. The van der Waals surface area contributed by atoms with Crippen LogP contribution in [0, 0.1) is 10.1 Å². The first-order valence-corrected chi connectivity index (χ1v) is 4.61. The van der Waals surface area contributed by atoms with E-state index < -0.39 is 11.0 Å². The van der Waals surface area contributed by atoms with Crippen molar-refractivity contribution in [3.8, 4) is 11.1 Å². The Morgan fingerprint density at radius 2 is 1.94 bits per heavy atom. The molecule has 0 bridgehead atoms. The van der Waals surface area contributed by atoms with E-state index in [4.69, 9.17) is 5.11 Å². The summed E-state index contributed by atoms with van der Waals surface area (Å²) in [4.78, 5) is 20.6. The molecular formula is C10H7N3O4. The van der Waals surface area contributed by atoms with Crippen molar-refractivity contribution in [1.29, 1.82) is 0 Å². The van der Waals surface area contributed by atoms with E-state index in [-0.39, 0.29) is 5.69 Å². The predicted molar refractivity (Wildman–Crippen MR) is 57.7 cm³/mol. The van der Waals surface area contributed by atoms with Crippen LogP contribution in [0.25, 0.3) is 11.1 Å². The summed E-state index contributed by atoms with van der Waals surface area (Å²) in [6.07, 6.45) is 1.54. The first-order valence-electron chi connectivity index (χ1n) is 4.61. The number of hydrogen-bond acceptors (Lipinski definition) is 4. The lowest BCUT2D eigenvalue weighted by atomic mass is 10.1. The highest BCUT2D eigenvalue weighted by molar-refractivity contribution is 5.70. The van der Waals surface area contributed by atoms with Gasteiger partial charge in [-0.05, 0) is 17.7 Å². The topological polar surface area (TPSA) is 98.3 Å². The Kier molecular flexibility index (Phi) is 2.57. The number of non-ortho nitro benzene ring substituents is 1. The second-order valence-corrected chi connectivity index (χ2v) is 3.26. The minimum atomic E-state index is -1.18. The second kappa shape index (κ2) is 4.05. The van der Waals surface area contributed by atoms with Crippen LogP contribution in [0.2, 0.25) is 0 Å². The second-order valence-electron chi connectivity index (χ2n) is 3.26. The van der Waals surface area contributed by atoms with Crippen molar-refractivity contribution >= 4 is 11.8 Å². The van der Waals surface area contributed by atoms with Gasteiger partial charge in [0.05, 0.1) is 11.1 Å². The number of aromatic nitrogens is 2. The first-order chi connectivity index (χ1) is 8.08. The number of carbonyl (C=O) groups is 1. The molecule has 7 nitrogen and oxygen atoms in total. The third kappa shape index (κ3) is 2.12. The van der Waals surface area contributed by atoms with Crippen LogP contribution >= 0.6 is 0 Å². The van der Waals surface area contributed by atoms with Gasteiger partial charge in [-0.1, -0.05) is 0 Å². The molecule has 1 aromatic carbocycles. The third-order valence-corrected chi connectivity index (χ3v) is 2.19. The molecule has 0 radical (unpaired) electrons. The Balaban J connectivity index is 2.33. The van der Waals surface area contributed by atoms with Gasteiger partial charge in [-0.3, -0.25) is 10.1 Å². The van der Waals surface area contributed by atoms with E-state index >= 15 is 0 Å². The summed E-state index contributed by atoms with van der Waals surface area (Å²) >= 11 is 0. The fraction of sp³-hybridized carbons (Fsp3) is 0. The molecule has 0 saturated heterocycles. The normalized spacial score (nSPS) is 10.1. The molecule has 0 aliphatic heterocycles. The van der Waals surface area contributed by atoms with Crippen molar-refractivity contribution in [2.45, 2.75) is 0 Å². The zero-order valence-electron chi connectivity index (χ0n) is 8.48. The maximum Gasteiger partial charge on any atom is 0.432 e. The molecule has 0 atom stereocenters. The molecule has 7 heteroatoms. The Bertz CT molecular complexity index is 573. The third-order valence-electron chi connectivity index (χ3n) is 2.19. The molecule has 0 aliphatic rings. The van der Waals surface area contributed by atoms with Crippen LogP contribution in [-0.4, -0.2) is 25.9 Å². The van der Waals surface area contributed by atoms with Crippen LogP contribution in [0.1, 0.15) is 0 Å². The van der Waals surface area contributed by atoms with E-state index in [0.29, 0.717) is 11.1 Å². The van der Waals surface area contributed by atoms with E-state index in [0.717, 1.165) is 4.68 Å². The molecule has 2 aromatic rings. The van der Waals surface area contributed by atoms with Gasteiger partial charge in [0, 0.05) is 23.9 Å². The SMILES string of the molecule is O=C(O)n1cc(-c2ccc([N+](=O)[O-])cc2)cn1. The summed E-state index contributed by atoms with van der Waals surface area (Å²) in [5.41, 5.74) is 1.24. The molecule has 1 N–H and O–H groups in total. The van der Waals surface area contributed by atoms with Crippen molar-refractivity contribution in [3.05, 3.63) is 46.8 Å². The Hall–Kier alpha value is -2.70. The largest absolute Gasteiger partial charge is 0.463 e. The number of nitro benzene ring substituents is 1. The van der Waals surface area contributed by atoms with E-state index in [1.165, 1.54) is 24.5 Å². The minimum Gasteiger partial charge on any atom is -0.463 e. The average Bonchev–Trinajstić information content (AvgIpc) is 2.78. The monoisotopic (exact) mass is 233 g/mol. The summed E-state index contributed by atoms with van der Waals surface area (Å²) in [5.74, 6) is 0. The van der Waals surface area contributed by atoms with Crippen molar-refractivity contribution in [3.63, 3.8) is 0 Å². The van der Waals surface area contributed by atoms with E-state index in [9.17, 15) is 14.9 Å². The lowest BCUT2D eigenvalue weighted by Crippen LogP contribution is -2.07. The molecule has 86 valence electrons. The number of hydrogen-bond donors (Lipinski definition) is 1. The van der Waals surface area contributed by atoms with E-state index in [1.54, 1.807) is 12.1 Å². The highest BCUT2D eigenvalue weighted by atomic mass is 16.6. The van der Waals surface area contributed by atoms with Crippen LogP contribution < -0.4 is 0 Å². The number of nitro groups is 1. The summed E-state index contributed by atoms with van der Waals surface area (Å²) in [6, 6.07) is 5.80. The van der Waals surface area contributed by atoms with Crippen molar-refractivity contribution in [2.24, 2.45) is 0 Å². The Morgan fingerprint density at radius 1 is 1.29 bits per heavy atom. The molecule has 0 saturated carbocycles. The molecule has 0 spiro atoms. The molecule has 1 heterocycles. The average molecular weight is 233 g/mol. The predicted octanol–water partition coefficient (Wildman–Crippen LogP) is 1.98. The highest BCUT2D eigenvalue weighted by Gasteiger charge is 2.08. The number of nitrogens with zero attached hydrogens (tertiary/aromatic N) is 3. The van der Waals surface area contributed by atoms with Gasteiger partial charge in [-0.25, -0.2) is 4.79 Å². The molecular weight excluding hydrogens is 226 g/mol. The minimum absolute atomic E-state index is 0.0145. The van der Waals surface area contributed by atoms with Crippen molar-refractivity contribution < 1.29 is 14.8 Å². The van der Waals surface area contributed by atoms with Crippen LogP contribution in [0.15, 0.2) is 36.7 Å². The summed E-state index contributed by atoms with van der Waals surface area (Å²) in [6.45, 7) is 0. The first kappa shape index (κ1) is 10.8. The number of rotatable bonds is 2. The molecule has 1 aromatic heterocycles. The number of benzene rings is 1. The summed E-state index contributed by atoms with van der Waals surface area (Å²) in [7, 11) is 0. The molecule has 0 unspecified atom stereocenters. The maximum atomic E-state index is 10.6. The quantitative estimate of drug-likeness (QED) is 0.631. The van der Waals surface area contributed by atoms with Crippen molar-refractivity contribution in [1.82, 2.24) is 9.78 Å². The van der Waals surface area contributed by atoms with Crippen LogP contribution in [0.4, 0.5) is 10.5 Å². The Labute approximate surface area is 95.1 Å². The molecule has 0 fully saturated rings. The van der Waals surface area contributed by atoms with E-state index in [1.807, 2.05) is 0 Å². The molecule has 17 heavy (non-hydrogen) atoms. The van der Waals surface area contributed by atoms with Gasteiger partial charge in [-0.2, -0.15) is 9.78 Å². The molecule has 2 rings (SSSR count). The zero-order valence-corrected chi connectivity index (χ0v) is 8.48. The van der Waals surface area contributed by atoms with Crippen LogP contribution in [0.5, 0.6) is 0 Å².